The third-order valence-corrected chi connectivity index (χ3v) is 6.11. The highest BCUT2D eigenvalue weighted by atomic mass is 16.6. The van der Waals surface area contributed by atoms with Crippen LogP contribution in [-0.4, -0.2) is 72.2 Å². The molecule has 152 valence electrons. The van der Waals surface area contributed by atoms with Gasteiger partial charge in [-0.15, -0.1) is 5.48 Å². The summed E-state index contributed by atoms with van der Waals surface area (Å²) in [6.07, 6.45) is 4.32. The maximum absolute atomic E-state index is 6.06. The molecule has 4 heterocycles. The fraction of sp³-hybridized carbons (Fsp3) is 0.409. The second-order valence-electron chi connectivity index (χ2n) is 8.18. The number of aryl methyl sites for hydroxylation is 1. The first kappa shape index (κ1) is 18.4. The molecule has 1 aromatic carbocycles. The Hall–Kier alpha value is -2.61. The van der Waals surface area contributed by atoms with Gasteiger partial charge in [0.1, 0.15) is 23.4 Å². The minimum Gasteiger partial charge on any atom is -0.407 e. The SMILES string of the molecule is Cc1ccc2cc1-c1ccn3ccc(nc13)N(C)CCN1CCN(C)C[C@H]1NO2. The Morgan fingerprint density at radius 2 is 1.83 bits per heavy atom. The van der Waals surface area contributed by atoms with Gasteiger partial charge < -0.3 is 19.0 Å². The highest BCUT2D eigenvalue weighted by molar-refractivity contribution is 5.81. The minimum absolute atomic E-state index is 0.148. The molecule has 3 aromatic rings. The standard InChI is InChI=1S/C22H28N6O/c1-16-4-5-17-14-19(16)18-6-8-28-9-7-20(23-22(18)28)26(3)11-13-27-12-10-25(2)15-21(27)24-29-17/h4-9,14,21,24H,10-13,15H2,1-3H3/t21-/m0/s1. The van der Waals surface area contributed by atoms with Gasteiger partial charge in [-0.3, -0.25) is 4.90 Å². The summed E-state index contributed by atoms with van der Waals surface area (Å²) >= 11 is 0. The van der Waals surface area contributed by atoms with E-state index in [-0.39, 0.29) is 6.17 Å². The van der Waals surface area contributed by atoms with Gasteiger partial charge in [0.2, 0.25) is 0 Å². The van der Waals surface area contributed by atoms with Crippen molar-refractivity contribution in [3.63, 3.8) is 0 Å². The van der Waals surface area contributed by atoms with Crippen LogP contribution >= 0.6 is 0 Å². The third-order valence-electron chi connectivity index (χ3n) is 6.11. The smallest absolute Gasteiger partial charge is 0.147 e. The van der Waals surface area contributed by atoms with Crippen molar-refractivity contribution in [2.24, 2.45) is 0 Å². The van der Waals surface area contributed by atoms with Crippen molar-refractivity contribution in [3.8, 4) is 16.9 Å². The molecule has 1 N–H and O–H groups in total. The first-order chi connectivity index (χ1) is 14.1. The van der Waals surface area contributed by atoms with Crippen LogP contribution in [0, 0.1) is 6.92 Å². The van der Waals surface area contributed by atoms with Crippen LogP contribution in [0.3, 0.4) is 0 Å². The summed E-state index contributed by atoms with van der Waals surface area (Å²) in [5, 5.41) is 0. The van der Waals surface area contributed by atoms with Crippen molar-refractivity contribution in [3.05, 3.63) is 48.3 Å². The quantitative estimate of drug-likeness (QED) is 0.633. The summed E-state index contributed by atoms with van der Waals surface area (Å²) in [6.45, 7) is 6.99. The van der Waals surface area contributed by atoms with E-state index in [9.17, 15) is 0 Å². The molecule has 0 spiro atoms. The molecular weight excluding hydrogens is 364 g/mol. The summed E-state index contributed by atoms with van der Waals surface area (Å²) in [5.41, 5.74) is 7.77. The molecule has 2 aliphatic rings. The fourth-order valence-corrected chi connectivity index (χ4v) is 4.21. The first-order valence-corrected chi connectivity index (χ1v) is 10.2. The molecule has 2 aliphatic heterocycles. The van der Waals surface area contributed by atoms with Crippen LogP contribution in [-0.2, 0) is 0 Å². The molecule has 1 fully saturated rings. The number of rotatable bonds is 0. The monoisotopic (exact) mass is 392 g/mol. The van der Waals surface area contributed by atoms with Crippen molar-refractivity contribution in [2.75, 3.05) is 51.7 Å². The van der Waals surface area contributed by atoms with Gasteiger partial charge in [0.25, 0.3) is 0 Å². The van der Waals surface area contributed by atoms with Gasteiger partial charge in [0, 0.05) is 57.7 Å². The first-order valence-electron chi connectivity index (χ1n) is 10.2. The minimum atomic E-state index is 0.148. The Bertz CT molecular complexity index is 1030. The van der Waals surface area contributed by atoms with Crippen LogP contribution in [0.15, 0.2) is 42.7 Å². The predicted molar refractivity (Wildman–Crippen MR) is 115 cm³/mol. The van der Waals surface area contributed by atoms with Crippen molar-refractivity contribution >= 4 is 11.5 Å². The van der Waals surface area contributed by atoms with Crippen LogP contribution in [0.4, 0.5) is 5.82 Å². The van der Waals surface area contributed by atoms with Crippen LogP contribution in [0.25, 0.3) is 16.8 Å². The van der Waals surface area contributed by atoms with Gasteiger partial charge in [-0.1, -0.05) is 6.07 Å². The van der Waals surface area contributed by atoms with Crippen LogP contribution in [0.1, 0.15) is 5.56 Å². The largest absolute Gasteiger partial charge is 0.407 e. The summed E-state index contributed by atoms with van der Waals surface area (Å²) in [7, 11) is 4.28. The Morgan fingerprint density at radius 3 is 2.72 bits per heavy atom. The highest BCUT2D eigenvalue weighted by Gasteiger charge is 2.26. The molecule has 4 bridgehead atoms. The number of nitrogens with one attached hydrogen (secondary N) is 1. The maximum Gasteiger partial charge on any atom is 0.147 e. The van der Waals surface area contributed by atoms with E-state index in [4.69, 9.17) is 9.82 Å². The fourth-order valence-electron chi connectivity index (χ4n) is 4.21. The molecule has 1 saturated heterocycles. The lowest BCUT2D eigenvalue weighted by Crippen LogP contribution is -2.59. The summed E-state index contributed by atoms with van der Waals surface area (Å²) in [5.74, 6) is 1.82. The van der Waals surface area contributed by atoms with E-state index in [1.54, 1.807) is 0 Å². The molecule has 2 aromatic heterocycles. The van der Waals surface area contributed by atoms with E-state index < -0.39 is 0 Å². The van der Waals surface area contributed by atoms with Gasteiger partial charge in [-0.25, -0.2) is 4.98 Å². The molecule has 7 nitrogen and oxygen atoms in total. The molecule has 0 amide bonds. The van der Waals surface area contributed by atoms with Crippen molar-refractivity contribution in [2.45, 2.75) is 13.1 Å². The number of anilines is 1. The van der Waals surface area contributed by atoms with E-state index in [2.05, 4.69) is 82.3 Å². The number of aromatic nitrogens is 2. The Labute approximate surface area is 171 Å². The lowest BCUT2D eigenvalue weighted by atomic mass is 10.0. The molecule has 1 atom stereocenters. The molecule has 0 unspecified atom stereocenters. The topological polar surface area (TPSA) is 48.3 Å². The number of hydrogen-bond acceptors (Lipinski definition) is 6. The van der Waals surface area contributed by atoms with Gasteiger partial charge in [-0.2, -0.15) is 0 Å². The van der Waals surface area contributed by atoms with Gasteiger partial charge in [0.15, 0.2) is 0 Å². The molecule has 0 aliphatic carbocycles. The summed E-state index contributed by atoms with van der Waals surface area (Å²) < 4.78 is 2.08. The summed E-state index contributed by atoms with van der Waals surface area (Å²) in [6, 6.07) is 10.5. The third kappa shape index (κ3) is 3.46. The number of piperazine rings is 1. The maximum atomic E-state index is 6.06. The zero-order valence-corrected chi connectivity index (χ0v) is 17.3. The predicted octanol–water partition coefficient (Wildman–Crippen LogP) is 2.22. The van der Waals surface area contributed by atoms with Crippen molar-refractivity contribution < 1.29 is 4.84 Å². The molecule has 0 radical (unpaired) electrons. The average Bonchev–Trinajstić information content (AvgIpc) is 3.14. The van der Waals surface area contributed by atoms with Gasteiger partial charge in [0.05, 0.1) is 0 Å². The number of nitrogens with zero attached hydrogens (tertiary/aromatic N) is 5. The second kappa shape index (κ2) is 7.33. The van der Waals surface area contributed by atoms with Crippen molar-refractivity contribution in [1.29, 1.82) is 0 Å². The van der Waals surface area contributed by atoms with E-state index in [1.807, 2.05) is 6.07 Å². The van der Waals surface area contributed by atoms with Crippen LogP contribution in [0.2, 0.25) is 0 Å². The molecule has 0 saturated carbocycles. The van der Waals surface area contributed by atoms with E-state index >= 15 is 0 Å². The molecule has 5 rings (SSSR count). The lowest BCUT2D eigenvalue weighted by Gasteiger charge is -2.40. The number of likely N-dealkylation sites (N-methyl/N-ethyl adjacent to an activating group) is 2. The normalized spacial score (nSPS) is 21.1. The van der Waals surface area contributed by atoms with Crippen molar-refractivity contribution in [1.82, 2.24) is 24.7 Å². The number of hydroxylamine groups is 1. The number of hydrogen-bond donors (Lipinski definition) is 1. The highest BCUT2D eigenvalue weighted by Crippen LogP contribution is 2.31. The molecule has 29 heavy (non-hydrogen) atoms. The second-order valence-corrected chi connectivity index (χ2v) is 8.18. The number of fused-ring (bicyclic) bond motifs is 5. The van der Waals surface area contributed by atoms with Gasteiger partial charge in [-0.05, 0) is 49.4 Å². The van der Waals surface area contributed by atoms with Gasteiger partial charge >= 0.3 is 0 Å². The number of benzene rings is 1. The molecule has 7 heteroatoms. The zero-order chi connectivity index (χ0) is 20.0. The van der Waals surface area contributed by atoms with E-state index in [0.29, 0.717) is 0 Å². The average molecular weight is 393 g/mol. The van der Waals surface area contributed by atoms with Crippen LogP contribution in [0.5, 0.6) is 5.75 Å². The van der Waals surface area contributed by atoms with E-state index in [0.717, 1.165) is 61.1 Å². The Kier molecular flexibility index (Phi) is 4.66. The lowest BCUT2D eigenvalue weighted by molar-refractivity contribution is 0.00199. The molecular formula is C22H28N6O. The van der Waals surface area contributed by atoms with Crippen LogP contribution < -0.4 is 15.2 Å². The summed E-state index contributed by atoms with van der Waals surface area (Å²) in [4.78, 5) is 18.1. The zero-order valence-electron chi connectivity index (χ0n) is 17.3. The Morgan fingerprint density at radius 1 is 1.00 bits per heavy atom. The Balaban J connectivity index is 1.60. The van der Waals surface area contributed by atoms with E-state index in [1.165, 1.54) is 5.56 Å².